The average Bonchev–Trinajstić information content (AvgIpc) is 3.08. The Bertz CT molecular complexity index is 916. The lowest BCUT2D eigenvalue weighted by Crippen LogP contribution is -2.33. The van der Waals surface area contributed by atoms with Crippen LogP contribution in [0.5, 0.6) is 11.5 Å². The number of aliphatic hydroxyl groups is 1. The van der Waals surface area contributed by atoms with E-state index in [4.69, 9.17) is 19.5 Å². The Kier molecular flexibility index (Phi) is 5.21. The monoisotopic (exact) mass is 357 g/mol. The summed E-state index contributed by atoms with van der Waals surface area (Å²) in [4.78, 5) is 12.2. The Morgan fingerprint density at radius 2 is 2.15 bits per heavy atom. The molecule has 0 radical (unpaired) electrons. The van der Waals surface area contributed by atoms with Gasteiger partial charge in [-0.25, -0.2) is 4.68 Å². The summed E-state index contributed by atoms with van der Waals surface area (Å²) in [5.41, 5.74) is 1.56. The maximum absolute atomic E-state index is 12.2. The van der Waals surface area contributed by atoms with E-state index in [0.29, 0.717) is 22.8 Å². The van der Waals surface area contributed by atoms with Crippen molar-refractivity contribution in [1.82, 2.24) is 9.78 Å². The second-order valence-electron chi connectivity index (χ2n) is 6.04. The first-order valence-corrected chi connectivity index (χ1v) is 8.12. The molecule has 8 heteroatoms. The molecule has 0 bridgehead atoms. The zero-order chi connectivity index (χ0) is 18.7. The normalized spacial score (nSPS) is 13.5. The summed E-state index contributed by atoms with van der Waals surface area (Å²) >= 11 is 0. The van der Waals surface area contributed by atoms with Gasteiger partial charge >= 0.3 is 0 Å². The number of hydrogen-bond donors (Lipinski definition) is 1. The molecule has 8 nitrogen and oxygen atoms in total. The first-order valence-electron chi connectivity index (χ1n) is 8.12. The number of rotatable bonds is 6. The fraction of sp³-hybridized carbons (Fsp3) is 0.389. The number of aryl methyl sites for hydroxylation is 1. The summed E-state index contributed by atoms with van der Waals surface area (Å²) in [6, 6.07) is 7.38. The van der Waals surface area contributed by atoms with Crippen LogP contribution in [0.25, 0.3) is 0 Å². The van der Waals surface area contributed by atoms with E-state index in [9.17, 15) is 9.90 Å². The van der Waals surface area contributed by atoms with Crippen LogP contribution in [0.3, 0.4) is 0 Å². The molecule has 0 saturated carbocycles. The van der Waals surface area contributed by atoms with Gasteiger partial charge in [-0.1, -0.05) is 6.07 Å². The van der Waals surface area contributed by atoms with Crippen molar-refractivity contribution in [2.75, 3.05) is 13.4 Å². The lowest BCUT2D eigenvalue weighted by Gasteiger charge is -2.14. The first-order chi connectivity index (χ1) is 12.5. The molecule has 3 rings (SSSR count). The molecular formula is C18H19N3O5. The SMILES string of the molecule is Cc1nn(CC(O)COCc2ccc3c(c2)OCO3)c(=O)c(C#N)c1C. The summed E-state index contributed by atoms with van der Waals surface area (Å²) in [5.74, 6) is 1.36. The number of ether oxygens (including phenoxy) is 3. The minimum absolute atomic E-state index is 0.0252. The van der Waals surface area contributed by atoms with Crippen LogP contribution in [-0.2, 0) is 17.9 Å². The molecule has 0 spiro atoms. The first kappa shape index (κ1) is 17.9. The van der Waals surface area contributed by atoms with E-state index in [0.717, 1.165) is 10.2 Å². The Morgan fingerprint density at radius 3 is 2.92 bits per heavy atom. The van der Waals surface area contributed by atoms with Gasteiger partial charge in [-0.15, -0.1) is 0 Å². The summed E-state index contributed by atoms with van der Waals surface area (Å²) < 4.78 is 17.2. The van der Waals surface area contributed by atoms with Crippen LogP contribution in [0.2, 0.25) is 0 Å². The van der Waals surface area contributed by atoms with Crippen LogP contribution in [0, 0.1) is 25.2 Å². The van der Waals surface area contributed by atoms with Crippen molar-refractivity contribution >= 4 is 0 Å². The van der Waals surface area contributed by atoms with Gasteiger partial charge in [0.25, 0.3) is 5.56 Å². The molecule has 0 aliphatic carbocycles. The minimum atomic E-state index is -0.928. The highest BCUT2D eigenvalue weighted by atomic mass is 16.7. The second kappa shape index (κ2) is 7.56. The van der Waals surface area contributed by atoms with E-state index in [1.165, 1.54) is 0 Å². The zero-order valence-corrected chi connectivity index (χ0v) is 14.6. The lowest BCUT2D eigenvalue weighted by atomic mass is 10.1. The molecule has 1 aliphatic rings. The summed E-state index contributed by atoms with van der Waals surface area (Å²) in [5, 5.41) is 23.4. The molecule has 26 heavy (non-hydrogen) atoms. The number of hydrogen-bond acceptors (Lipinski definition) is 7. The lowest BCUT2D eigenvalue weighted by molar-refractivity contribution is 0.0179. The van der Waals surface area contributed by atoms with Gasteiger partial charge in [-0.3, -0.25) is 4.79 Å². The second-order valence-corrected chi connectivity index (χ2v) is 6.04. The molecule has 0 fully saturated rings. The number of nitrogens with zero attached hydrogens (tertiary/aromatic N) is 3. The standard InChI is InChI=1S/C18H19N3O5/c1-11-12(2)20-21(18(23)15(11)6-19)7-14(22)9-24-8-13-3-4-16-17(5-13)26-10-25-16/h3-5,14,22H,7-10H2,1-2H3. The van der Waals surface area contributed by atoms with Crippen molar-refractivity contribution in [1.29, 1.82) is 5.26 Å². The molecule has 0 amide bonds. The molecule has 1 aromatic carbocycles. The van der Waals surface area contributed by atoms with E-state index >= 15 is 0 Å². The molecule has 0 saturated heterocycles. The number of nitriles is 1. The number of aromatic nitrogens is 2. The number of fused-ring (bicyclic) bond motifs is 1. The van der Waals surface area contributed by atoms with E-state index in [-0.39, 0.29) is 32.1 Å². The van der Waals surface area contributed by atoms with Gasteiger partial charge in [0.15, 0.2) is 11.5 Å². The van der Waals surface area contributed by atoms with Crippen LogP contribution >= 0.6 is 0 Å². The van der Waals surface area contributed by atoms with Crippen LogP contribution in [0.15, 0.2) is 23.0 Å². The molecule has 1 aromatic heterocycles. The summed E-state index contributed by atoms with van der Waals surface area (Å²) in [6.07, 6.45) is -0.928. The molecule has 136 valence electrons. The highest BCUT2D eigenvalue weighted by Gasteiger charge is 2.16. The Balaban J connectivity index is 1.58. The van der Waals surface area contributed by atoms with Gasteiger partial charge < -0.3 is 19.3 Å². The summed E-state index contributed by atoms with van der Waals surface area (Å²) in [6.45, 7) is 3.87. The van der Waals surface area contributed by atoms with Crippen molar-refractivity contribution in [2.45, 2.75) is 33.1 Å². The third kappa shape index (κ3) is 3.69. The van der Waals surface area contributed by atoms with Crippen molar-refractivity contribution in [3.05, 3.63) is 50.9 Å². The predicted octanol–water partition coefficient (Wildman–Crippen LogP) is 1.04. The van der Waals surface area contributed by atoms with Crippen molar-refractivity contribution < 1.29 is 19.3 Å². The number of benzene rings is 1. The van der Waals surface area contributed by atoms with Crippen LogP contribution in [0.4, 0.5) is 0 Å². The molecule has 2 heterocycles. The largest absolute Gasteiger partial charge is 0.454 e. The Hall–Kier alpha value is -2.89. The molecule has 2 aromatic rings. The number of aliphatic hydroxyl groups excluding tert-OH is 1. The average molecular weight is 357 g/mol. The van der Waals surface area contributed by atoms with E-state index < -0.39 is 11.7 Å². The van der Waals surface area contributed by atoms with Gasteiger partial charge in [-0.05, 0) is 37.1 Å². The molecule has 1 aliphatic heterocycles. The van der Waals surface area contributed by atoms with Gasteiger partial charge in [0, 0.05) is 0 Å². The summed E-state index contributed by atoms with van der Waals surface area (Å²) in [7, 11) is 0. The van der Waals surface area contributed by atoms with E-state index in [1.807, 2.05) is 18.2 Å². The van der Waals surface area contributed by atoms with E-state index in [1.54, 1.807) is 19.9 Å². The quantitative estimate of drug-likeness (QED) is 0.823. The maximum Gasteiger partial charge on any atom is 0.285 e. The molecule has 1 atom stereocenters. The van der Waals surface area contributed by atoms with Crippen molar-refractivity contribution in [3.8, 4) is 17.6 Å². The smallest absolute Gasteiger partial charge is 0.285 e. The fourth-order valence-electron chi connectivity index (χ4n) is 2.62. The van der Waals surface area contributed by atoms with Gasteiger partial charge in [-0.2, -0.15) is 10.4 Å². The van der Waals surface area contributed by atoms with Crippen LogP contribution < -0.4 is 15.0 Å². The maximum atomic E-state index is 12.2. The highest BCUT2D eigenvalue weighted by Crippen LogP contribution is 2.32. The molecule has 1 N–H and O–H groups in total. The van der Waals surface area contributed by atoms with Crippen molar-refractivity contribution in [2.24, 2.45) is 0 Å². The Morgan fingerprint density at radius 1 is 1.38 bits per heavy atom. The molecular weight excluding hydrogens is 338 g/mol. The van der Waals surface area contributed by atoms with Gasteiger partial charge in [0.05, 0.1) is 31.6 Å². The van der Waals surface area contributed by atoms with Crippen LogP contribution in [-0.4, -0.2) is 34.4 Å². The third-order valence-electron chi connectivity index (χ3n) is 4.15. The van der Waals surface area contributed by atoms with Gasteiger partial charge in [0.2, 0.25) is 6.79 Å². The third-order valence-corrected chi connectivity index (χ3v) is 4.15. The van der Waals surface area contributed by atoms with Crippen LogP contribution in [0.1, 0.15) is 22.4 Å². The minimum Gasteiger partial charge on any atom is -0.454 e. The highest BCUT2D eigenvalue weighted by molar-refractivity contribution is 5.44. The van der Waals surface area contributed by atoms with Crippen molar-refractivity contribution in [3.63, 3.8) is 0 Å². The predicted molar refractivity (Wildman–Crippen MR) is 90.9 cm³/mol. The topological polar surface area (TPSA) is 107 Å². The molecule has 1 unspecified atom stereocenters. The van der Waals surface area contributed by atoms with E-state index in [2.05, 4.69) is 5.10 Å². The van der Waals surface area contributed by atoms with Gasteiger partial charge in [0.1, 0.15) is 11.6 Å². The zero-order valence-electron chi connectivity index (χ0n) is 14.6. The fourth-order valence-corrected chi connectivity index (χ4v) is 2.62. The Labute approximate surface area is 150 Å².